The van der Waals surface area contributed by atoms with Crippen LogP contribution in [0.5, 0.6) is 0 Å². The summed E-state index contributed by atoms with van der Waals surface area (Å²) in [4.78, 5) is 10.8. The third-order valence-electron chi connectivity index (χ3n) is 3.06. The lowest BCUT2D eigenvalue weighted by Crippen LogP contribution is -2.21. The molecule has 0 unspecified atom stereocenters. The Balaban J connectivity index is 1.69. The topological polar surface area (TPSA) is 68.2 Å². The zero-order chi connectivity index (χ0) is 13.9. The van der Waals surface area contributed by atoms with E-state index >= 15 is 0 Å². The number of furan rings is 1. The summed E-state index contributed by atoms with van der Waals surface area (Å²) in [6, 6.07) is 3.80. The van der Waals surface area contributed by atoms with Gasteiger partial charge in [0, 0.05) is 11.6 Å². The predicted octanol–water partition coefficient (Wildman–Crippen LogP) is 2.98. The summed E-state index contributed by atoms with van der Waals surface area (Å²) in [6.45, 7) is 2.66. The molecule has 0 aliphatic rings. The molecule has 0 fully saturated rings. The summed E-state index contributed by atoms with van der Waals surface area (Å²) >= 11 is 1.64. The van der Waals surface area contributed by atoms with E-state index in [1.807, 2.05) is 18.6 Å². The van der Waals surface area contributed by atoms with Crippen LogP contribution < -0.4 is 0 Å². The molecule has 0 saturated heterocycles. The highest BCUT2D eigenvalue weighted by atomic mass is 32.1. The smallest absolute Gasteiger partial charge is 0.241 e. The molecule has 0 aliphatic heterocycles. The van der Waals surface area contributed by atoms with Crippen LogP contribution in [0.1, 0.15) is 23.9 Å². The third-order valence-corrected chi connectivity index (χ3v) is 4.01. The number of hydrogen-bond acceptors (Lipinski definition) is 7. The second kappa shape index (κ2) is 5.56. The molecule has 0 N–H and O–H groups in total. The molecular formula is C13H14N4O2S. The minimum Gasteiger partial charge on any atom is -0.461 e. The summed E-state index contributed by atoms with van der Waals surface area (Å²) in [6.07, 6.45) is 3.40. The van der Waals surface area contributed by atoms with Gasteiger partial charge in [0.05, 0.1) is 18.8 Å². The minimum atomic E-state index is 0.203. The number of rotatable bonds is 5. The normalized spacial score (nSPS) is 12.9. The fraction of sp³-hybridized carbons (Fsp3) is 0.308. The molecule has 3 aromatic heterocycles. The predicted molar refractivity (Wildman–Crippen MR) is 74.0 cm³/mol. The molecule has 0 aliphatic carbocycles. The van der Waals surface area contributed by atoms with Crippen molar-refractivity contribution in [2.75, 3.05) is 7.05 Å². The summed E-state index contributed by atoms with van der Waals surface area (Å²) in [5.41, 5.74) is 0. The highest BCUT2D eigenvalue weighted by Crippen LogP contribution is 2.23. The Labute approximate surface area is 120 Å². The van der Waals surface area contributed by atoms with Crippen molar-refractivity contribution in [2.45, 2.75) is 19.5 Å². The van der Waals surface area contributed by atoms with Gasteiger partial charge in [-0.2, -0.15) is 4.98 Å². The molecule has 104 valence electrons. The van der Waals surface area contributed by atoms with E-state index in [0.29, 0.717) is 24.0 Å². The molecular weight excluding hydrogens is 276 g/mol. The Hall–Kier alpha value is -1.99. The molecule has 1 atom stereocenters. The lowest BCUT2D eigenvalue weighted by atomic mass is 10.3. The van der Waals surface area contributed by atoms with Crippen molar-refractivity contribution in [1.29, 1.82) is 0 Å². The molecule has 0 saturated carbocycles. The van der Waals surface area contributed by atoms with E-state index in [0.717, 1.165) is 5.01 Å². The van der Waals surface area contributed by atoms with Crippen LogP contribution >= 0.6 is 11.3 Å². The molecule has 3 rings (SSSR count). The summed E-state index contributed by atoms with van der Waals surface area (Å²) in [7, 11) is 2.00. The molecule has 0 amide bonds. The van der Waals surface area contributed by atoms with Gasteiger partial charge in [-0.15, -0.1) is 11.3 Å². The number of thiazole rings is 1. The van der Waals surface area contributed by atoms with Gasteiger partial charge in [0.2, 0.25) is 11.7 Å². The van der Waals surface area contributed by atoms with Gasteiger partial charge in [0.25, 0.3) is 0 Å². The van der Waals surface area contributed by atoms with Crippen LogP contribution in [0.2, 0.25) is 0 Å². The quantitative estimate of drug-likeness (QED) is 0.719. The zero-order valence-electron chi connectivity index (χ0n) is 11.2. The molecule has 7 heteroatoms. The van der Waals surface area contributed by atoms with Crippen LogP contribution in [0.25, 0.3) is 11.6 Å². The van der Waals surface area contributed by atoms with Crippen LogP contribution in [0.15, 0.2) is 38.9 Å². The van der Waals surface area contributed by atoms with E-state index in [-0.39, 0.29) is 6.04 Å². The molecule has 3 heterocycles. The first-order chi connectivity index (χ1) is 9.74. The van der Waals surface area contributed by atoms with Crippen molar-refractivity contribution in [3.8, 4) is 11.6 Å². The van der Waals surface area contributed by atoms with Crippen LogP contribution in [-0.4, -0.2) is 27.1 Å². The lowest BCUT2D eigenvalue weighted by molar-refractivity contribution is 0.216. The average Bonchev–Trinajstić information content (AvgIpc) is 3.19. The standard InChI is InChI=1S/C13H14N4O2S/c1-9(13-14-5-7-20-13)17(2)8-11-15-12(16-19-11)10-4-3-6-18-10/h3-7,9H,8H2,1-2H3/t9-/m1/s1. The van der Waals surface area contributed by atoms with E-state index in [1.165, 1.54) is 0 Å². The zero-order valence-corrected chi connectivity index (χ0v) is 12.0. The van der Waals surface area contributed by atoms with Gasteiger partial charge in [-0.05, 0) is 26.1 Å². The first-order valence-corrected chi connectivity index (χ1v) is 7.08. The van der Waals surface area contributed by atoms with Crippen molar-refractivity contribution in [2.24, 2.45) is 0 Å². The Morgan fingerprint density at radius 2 is 2.35 bits per heavy atom. The van der Waals surface area contributed by atoms with Crippen molar-refractivity contribution < 1.29 is 8.94 Å². The van der Waals surface area contributed by atoms with Gasteiger partial charge in [-0.1, -0.05) is 5.16 Å². The molecule has 0 radical (unpaired) electrons. The Morgan fingerprint density at radius 1 is 1.45 bits per heavy atom. The van der Waals surface area contributed by atoms with Crippen molar-refractivity contribution in [1.82, 2.24) is 20.0 Å². The van der Waals surface area contributed by atoms with Gasteiger partial charge in [-0.3, -0.25) is 4.90 Å². The largest absolute Gasteiger partial charge is 0.461 e. The van der Waals surface area contributed by atoms with Crippen molar-refractivity contribution >= 4 is 11.3 Å². The van der Waals surface area contributed by atoms with Crippen LogP contribution in [-0.2, 0) is 6.54 Å². The Morgan fingerprint density at radius 3 is 3.05 bits per heavy atom. The van der Waals surface area contributed by atoms with E-state index in [4.69, 9.17) is 8.94 Å². The first kappa shape index (κ1) is 13.0. The van der Waals surface area contributed by atoms with Gasteiger partial charge < -0.3 is 8.94 Å². The highest BCUT2D eigenvalue weighted by molar-refractivity contribution is 7.09. The maximum atomic E-state index is 5.25. The molecule has 0 spiro atoms. The summed E-state index contributed by atoms with van der Waals surface area (Å²) in [5, 5.41) is 6.96. The molecule has 6 nitrogen and oxygen atoms in total. The Bertz CT molecular complexity index is 648. The number of nitrogens with zero attached hydrogens (tertiary/aromatic N) is 4. The molecule has 3 aromatic rings. The monoisotopic (exact) mass is 290 g/mol. The minimum absolute atomic E-state index is 0.203. The number of hydrogen-bond donors (Lipinski definition) is 0. The van der Waals surface area contributed by atoms with Gasteiger partial charge >= 0.3 is 0 Å². The lowest BCUT2D eigenvalue weighted by Gasteiger charge is -2.20. The van der Waals surface area contributed by atoms with Gasteiger partial charge in [0.1, 0.15) is 5.01 Å². The maximum absolute atomic E-state index is 5.25. The van der Waals surface area contributed by atoms with Crippen LogP contribution in [0.4, 0.5) is 0 Å². The van der Waals surface area contributed by atoms with E-state index in [2.05, 4.69) is 26.9 Å². The highest BCUT2D eigenvalue weighted by Gasteiger charge is 2.18. The van der Waals surface area contributed by atoms with Gasteiger partial charge in [-0.25, -0.2) is 4.98 Å². The van der Waals surface area contributed by atoms with Crippen molar-refractivity contribution in [3.63, 3.8) is 0 Å². The first-order valence-electron chi connectivity index (χ1n) is 6.20. The SMILES string of the molecule is C[C@H](c1nccs1)N(C)Cc1nc(-c2ccco2)no1. The third kappa shape index (κ3) is 2.63. The average molecular weight is 290 g/mol. The van der Waals surface area contributed by atoms with Crippen LogP contribution in [0.3, 0.4) is 0 Å². The Kier molecular flexibility index (Phi) is 3.62. The molecule has 0 aromatic carbocycles. The van der Waals surface area contributed by atoms with Gasteiger partial charge in [0.15, 0.2) is 5.76 Å². The van der Waals surface area contributed by atoms with E-state index < -0.39 is 0 Å². The number of aromatic nitrogens is 3. The summed E-state index contributed by atoms with van der Waals surface area (Å²) in [5.74, 6) is 1.64. The fourth-order valence-electron chi connectivity index (χ4n) is 1.80. The van der Waals surface area contributed by atoms with Crippen molar-refractivity contribution in [3.05, 3.63) is 40.9 Å². The maximum Gasteiger partial charge on any atom is 0.241 e. The second-order valence-corrected chi connectivity index (χ2v) is 5.38. The fourth-order valence-corrected chi connectivity index (χ4v) is 2.56. The molecule has 0 bridgehead atoms. The second-order valence-electron chi connectivity index (χ2n) is 4.45. The van der Waals surface area contributed by atoms with E-state index in [1.54, 1.807) is 29.7 Å². The van der Waals surface area contributed by atoms with E-state index in [9.17, 15) is 0 Å². The van der Waals surface area contributed by atoms with Crippen LogP contribution in [0, 0.1) is 0 Å². The molecule has 20 heavy (non-hydrogen) atoms. The summed E-state index contributed by atoms with van der Waals surface area (Å²) < 4.78 is 10.5.